The Balaban J connectivity index is 2.09. The summed E-state index contributed by atoms with van der Waals surface area (Å²) in [5.74, 6) is 0.0162. The summed E-state index contributed by atoms with van der Waals surface area (Å²) in [4.78, 5) is 6.59. The highest BCUT2D eigenvalue weighted by Crippen LogP contribution is 2.27. The zero-order valence-electron chi connectivity index (χ0n) is 9.52. The highest BCUT2D eigenvalue weighted by atomic mass is 16.3. The third kappa shape index (κ3) is 1.91. The Bertz CT molecular complexity index is 535. The summed E-state index contributed by atoms with van der Waals surface area (Å²) in [6.45, 7) is 4.00. The lowest BCUT2D eigenvalue weighted by molar-refractivity contribution is -0.268. The molecule has 88 valence electrons. The third-order valence-electron chi connectivity index (χ3n) is 3.15. The van der Waals surface area contributed by atoms with Crippen molar-refractivity contribution in [3.8, 4) is 5.75 Å². The van der Waals surface area contributed by atoms with Gasteiger partial charge in [0.1, 0.15) is 0 Å². The minimum atomic E-state index is 0.0162. The quantitative estimate of drug-likeness (QED) is 0.781. The number of nitrogens with one attached hydrogen (secondary N) is 1. The maximum absolute atomic E-state index is 11.3. The van der Waals surface area contributed by atoms with Crippen LogP contribution in [0.4, 0.5) is 5.69 Å². The molecule has 4 nitrogen and oxygen atoms in total. The molecule has 4 heteroatoms. The van der Waals surface area contributed by atoms with Crippen LogP contribution in [-0.2, 0) is 0 Å². The largest absolute Gasteiger partial charge is 0.872 e. The van der Waals surface area contributed by atoms with Crippen LogP contribution in [0.25, 0.3) is 10.9 Å². The van der Waals surface area contributed by atoms with Crippen LogP contribution in [-0.4, -0.2) is 31.2 Å². The molecule has 0 amide bonds. The van der Waals surface area contributed by atoms with Gasteiger partial charge in [-0.2, -0.15) is 0 Å². The molecule has 0 unspecified atom stereocenters. The summed E-state index contributed by atoms with van der Waals surface area (Å²) in [5.41, 5.74) is 1.96. The first-order chi connectivity index (χ1) is 8.34. The van der Waals surface area contributed by atoms with E-state index >= 15 is 0 Å². The van der Waals surface area contributed by atoms with Crippen LogP contribution in [0, 0.1) is 0 Å². The van der Waals surface area contributed by atoms with Crippen molar-refractivity contribution in [1.82, 2.24) is 10.3 Å². The fraction of sp³-hybridized carbons (Fsp3) is 0.308. The minimum Gasteiger partial charge on any atom is -0.872 e. The number of fused-ring (bicyclic) bond motifs is 1. The van der Waals surface area contributed by atoms with Crippen LogP contribution in [0.2, 0.25) is 0 Å². The molecule has 17 heavy (non-hydrogen) atoms. The summed E-state index contributed by atoms with van der Waals surface area (Å²) >= 11 is 0. The maximum Gasteiger partial charge on any atom is 0.0716 e. The molecule has 0 radical (unpaired) electrons. The number of hydrogen-bond acceptors (Lipinski definition) is 4. The van der Waals surface area contributed by atoms with Gasteiger partial charge in [0.25, 0.3) is 0 Å². The predicted molar refractivity (Wildman–Crippen MR) is 66.3 cm³/mol. The molecule has 1 aromatic carbocycles. The molecule has 2 heterocycles. The molecular formula is C13H14N3O-. The van der Waals surface area contributed by atoms with Crippen molar-refractivity contribution in [3.05, 3.63) is 30.5 Å². The summed E-state index contributed by atoms with van der Waals surface area (Å²) in [6.07, 6.45) is 1.78. The van der Waals surface area contributed by atoms with Crippen molar-refractivity contribution in [2.75, 3.05) is 31.1 Å². The van der Waals surface area contributed by atoms with E-state index in [-0.39, 0.29) is 5.75 Å². The van der Waals surface area contributed by atoms with Gasteiger partial charge in [-0.25, -0.2) is 0 Å². The second-order valence-corrected chi connectivity index (χ2v) is 4.25. The second kappa shape index (κ2) is 4.22. The van der Waals surface area contributed by atoms with Crippen molar-refractivity contribution in [1.29, 1.82) is 0 Å². The third-order valence-corrected chi connectivity index (χ3v) is 3.15. The Labute approximate surface area is 99.9 Å². The van der Waals surface area contributed by atoms with Gasteiger partial charge in [0.05, 0.1) is 5.52 Å². The van der Waals surface area contributed by atoms with E-state index in [1.54, 1.807) is 18.3 Å². The predicted octanol–water partition coefficient (Wildman–Crippen LogP) is 0.718. The van der Waals surface area contributed by atoms with E-state index in [0.29, 0.717) is 0 Å². The van der Waals surface area contributed by atoms with E-state index in [4.69, 9.17) is 0 Å². The van der Waals surface area contributed by atoms with E-state index in [0.717, 1.165) is 37.1 Å². The lowest BCUT2D eigenvalue weighted by atomic mass is 10.1. The second-order valence-electron chi connectivity index (χ2n) is 4.25. The van der Waals surface area contributed by atoms with E-state index in [1.807, 2.05) is 12.1 Å². The molecule has 1 saturated heterocycles. The fourth-order valence-electron chi connectivity index (χ4n) is 2.29. The topological polar surface area (TPSA) is 51.2 Å². The van der Waals surface area contributed by atoms with Gasteiger partial charge in [0.2, 0.25) is 0 Å². The zero-order chi connectivity index (χ0) is 11.7. The van der Waals surface area contributed by atoms with E-state index < -0.39 is 0 Å². The van der Waals surface area contributed by atoms with Crippen molar-refractivity contribution in [2.24, 2.45) is 0 Å². The van der Waals surface area contributed by atoms with Crippen molar-refractivity contribution in [2.45, 2.75) is 0 Å². The Morgan fingerprint density at radius 3 is 2.82 bits per heavy atom. The first-order valence-electron chi connectivity index (χ1n) is 5.86. The number of nitrogens with zero attached hydrogens (tertiary/aromatic N) is 2. The minimum absolute atomic E-state index is 0.0162. The Morgan fingerprint density at radius 2 is 2.00 bits per heavy atom. The van der Waals surface area contributed by atoms with Gasteiger partial charge in [-0.05, 0) is 12.1 Å². The van der Waals surface area contributed by atoms with Gasteiger partial charge < -0.3 is 15.3 Å². The number of piperazine rings is 1. The zero-order valence-corrected chi connectivity index (χ0v) is 9.52. The lowest BCUT2D eigenvalue weighted by Gasteiger charge is -2.30. The standard InChI is InChI=1S/C13H15N3O/c17-10-1-2-11-12(9-10)15-4-3-13(11)16-7-5-14-6-8-16/h1-4,9,14,17H,5-8H2/p-1. The van der Waals surface area contributed by atoms with Gasteiger partial charge in [-0.3, -0.25) is 4.98 Å². The van der Waals surface area contributed by atoms with Crippen LogP contribution < -0.4 is 15.3 Å². The Hall–Kier alpha value is -1.81. The number of pyridine rings is 1. The lowest BCUT2D eigenvalue weighted by Crippen LogP contribution is -2.43. The SMILES string of the molecule is [O-]c1ccc2c(N3CCNCC3)ccnc2c1. The Morgan fingerprint density at radius 1 is 1.18 bits per heavy atom. The van der Waals surface area contributed by atoms with Gasteiger partial charge >= 0.3 is 0 Å². The average molecular weight is 228 g/mol. The van der Waals surface area contributed by atoms with Crippen LogP contribution in [0.1, 0.15) is 0 Å². The molecule has 1 aromatic heterocycles. The number of benzene rings is 1. The van der Waals surface area contributed by atoms with Gasteiger partial charge in [0.15, 0.2) is 0 Å². The summed E-state index contributed by atoms with van der Waals surface area (Å²) < 4.78 is 0. The first-order valence-corrected chi connectivity index (χ1v) is 5.86. The number of anilines is 1. The summed E-state index contributed by atoms with van der Waals surface area (Å²) in [6, 6.07) is 7.11. The van der Waals surface area contributed by atoms with Crippen LogP contribution in [0.3, 0.4) is 0 Å². The van der Waals surface area contributed by atoms with Crippen molar-refractivity contribution < 1.29 is 5.11 Å². The fourth-order valence-corrected chi connectivity index (χ4v) is 2.29. The van der Waals surface area contributed by atoms with E-state index in [1.165, 1.54) is 5.69 Å². The molecule has 0 aliphatic carbocycles. The molecule has 1 aliphatic heterocycles. The normalized spacial score (nSPS) is 16.4. The van der Waals surface area contributed by atoms with Crippen molar-refractivity contribution in [3.63, 3.8) is 0 Å². The molecule has 0 spiro atoms. The monoisotopic (exact) mass is 228 g/mol. The number of rotatable bonds is 1. The maximum atomic E-state index is 11.3. The van der Waals surface area contributed by atoms with Crippen LogP contribution in [0.15, 0.2) is 30.5 Å². The molecule has 1 N–H and O–H groups in total. The highest BCUT2D eigenvalue weighted by molar-refractivity contribution is 5.92. The molecular weight excluding hydrogens is 214 g/mol. The molecule has 1 aliphatic rings. The van der Waals surface area contributed by atoms with Crippen LogP contribution >= 0.6 is 0 Å². The van der Waals surface area contributed by atoms with Gasteiger partial charge in [-0.15, -0.1) is 5.75 Å². The van der Waals surface area contributed by atoms with E-state index in [2.05, 4.69) is 15.2 Å². The highest BCUT2D eigenvalue weighted by Gasteiger charge is 2.12. The molecule has 1 fully saturated rings. The summed E-state index contributed by atoms with van der Waals surface area (Å²) in [7, 11) is 0. The smallest absolute Gasteiger partial charge is 0.0716 e. The summed E-state index contributed by atoms with van der Waals surface area (Å²) in [5, 5.41) is 15.7. The number of hydrogen-bond donors (Lipinski definition) is 1. The van der Waals surface area contributed by atoms with E-state index in [9.17, 15) is 5.11 Å². The van der Waals surface area contributed by atoms with Crippen LogP contribution in [0.5, 0.6) is 5.75 Å². The average Bonchev–Trinajstić information content (AvgIpc) is 2.39. The molecule has 0 saturated carbocycles. The Kier molecular flexibility index (Phi) is 2.57. The molecule has 3 rings (SSSR count). The van der Waals surface area contributed by atoms with Gasteiger partial charge in [-0.1, -0.05) is 12.1 Å². The van der Waals surface area contributed by atoms with Crippen molar-refractivity contribution >= 4 is 16.6 Å². The number of aromatic nitrogens is 1. The first kappa shape index (κ1) is 10.4. The molecule has 2 aromatic rings. The molecule has 0 bridgehead atoms. The molecule has 0 atom stereocenters. The van der Waals surface area contributed by atoms with Gasteiger partial charge in [0, 0.05) is 43.4 Å².